The number of fused-ring (bicyclic) bond motifs is 4. The minimum Gasteiger partial charge on any atom is -0.252 e. The topological polar surface area (TPSA) is 12.9 Å². The van der Waals surface area contributed by atoms with E-state index in [4.69, 9.17) is 0 Å². The van der Waals surface area contributed by atoms with Gasteiger partial charge < -0.3 is 0 Å². The maximum atomic E-state index is 12.9. The molecule has 0 bridgehead atoms. The van der Waals surface area contributed by atoms with Crippen LogP contribution in [0.15, 0.2) is 48.7 Å². The fraction of sp³-hybridized carbons (Fsp3) is 0.367. The fourth-order valence-electron chi connectivity index (χ4n) is 5.46. The minimum absolute atomic E-state index is 0.178. The molecule has 0 radical (unpaired) electrons. The zero-order valence-electron chi connectivity index (χ0n) is 20.1. The van der Waals surface area contributed by atoms with Crippen LogP contribution in [0.5, 0.6) is 0 Å². The Hall–Kier alpha value is -2.88. The quantitative estimate of drug-likeness (QED) is 0.452. The highest BCUT2D eigenvalue weighted by Gasteiger charge is 2.33. The summed E-state index contributed by atoms with van der Waals surface area (Å²) in [5.74, 6) is 0.705. The second-order valence-corrected chi connectivity index (χ2v) is 10.7. The lowest BCUT2D eigenvalue weighted by Crippen LogP contribution is -2.34. The van der Waals surface area contributed by atoms with E-state index >= 15 is 0 Å². The SMILES string of the molecule is Cc1ccc2c(c1)=CC(CCc1ccc(C(F)(F)F)nc1)c1c3c(ccc1=2)=CC(C)C(C)(C)C3. The van der Waals surface area contributed by atoms with Gasteiger partial charge in [0.05, 0.1) is 0 Å². The molecule has 0 saturated heterocycles. The van der Waals surface area contributed by atoms with E-state index in [-0.39, 0.29) is 11.3 Å². The van der Waals surface area contributed by atoms with Crippen LogP contribution in [0.25, 0.3) is 12.2 Å². The highest BCUT2D eigenvalue weighted by Crippen LogP contribution is 2.38. The summed E-state index contributed by atoms with van der Waals surface area (Å²) < 4.78 is 38.7. The van der Waals surface area contributed by atoms with Crippen molar-refractivity contribution in [2.75, 3.05) is 0 Å². The summed E-state index contributed by atoms with van der Waals surface area (Å²) in [6.07, 6.45) is 4.28. The van der Waals surface area contributed by atoms with Gasteiger partial charge in [-0.3, -0.25) is 4.98 Å². The zero-order chi connectivity index (χ0) is 24.3. The Bertz CT molecular complexity index is 1460. The summed E-state index contributed by atoms with van der Waals surface area (Å²) in [7, 11) is 0. The molecule has 4 heteroatoms. The molecule has 1 aromatic heterocycles. The smallest absolute Gasteiger partial charge is 0.252 e. The predicted molar refractivity (Wildman–Crippen MR) is 130 cm³/mol. The van der Waals surface area contributed by atoms with Crippen molar-refractivity contribution in [3.8, 4) is 0 Å². The molecule has 2 aliphatic carbocycles. The molecule has 0 spiro atoms. The van der Waals surface area contributed by atoms with Crippen LogP contribution >= 0.6 is 0 Å². The summed E-state index contributed by atoms with van der Waals surface area (Å²) >= 11 is 0. The van der Waals surface area contributed by atoms with Crippen molar-refractivity contribution in [3.63, 3.8) is 0 Å². The Kier molecular flexibility index (Phi) is 5.46. The van der Waals surface area contributed by atoms with Crippen LogP contribution in [0, 0.1) is 28.7 Å². The first-order valence-electron chi connectivity index (χ1n) is 12.0. The number of rotatable bonds is 3. The molecule has 0 aliphatic heterocycles. The molecule has 2 aromatic carbocycles. The Morgan fingerprint density at radius 3 is 2.44 bits per heavy atom. The van der Waals surface area contributed by atoms with Crippen LogP contribution in [0.2, 0.25) is 0 Å². The van der Waals surface area contributed by atoms with Crippen molar-refractivity contribution in [2.45, 2.75) is 59.1 Å². The number of hydrogen-bond acceptors (Lipinski definition) is 1. The van der Waals surface area contributed by atoms with E-state index in [0.29, 0.717) is 12.3 Å². The van der Waals surface area contributed by atoms with Crippen molar-refractivity contribution in [3.05, 3.63) is 97.5 Å². The first-order chi connectivity index (χ1) is 16.0. The molecule has 176 valence electrons. The molecular formula is C30H30F3N. The second-order valence-electron chi connectivity index (χ2n) is 10.7. The Morgan fingerprint density at radius 2 is 1.74 bits per heavy atom. The van der Waals surface area contributed by atoms with E-state index in [9.17, 15) is 13.2 Å². The fourth-order valence-corrected chi connectivity index (χ4v) is 5.46. The Morgan fingerprint density at radius 1 is 0.971 bits per heavy atom. The Labute approximate surface area is 198 Å². The maximum Gasteiger partial charge on any atom is 0.433 e. The third-order valence-corrected chi connectivity index (χ3v) is 7.80. The van der Waals surface area contributed by atoms with Crippen LogP contribution in [-0.2, 0) is 19.0 Å². The highest BCUT2D eigenvalue weighted by atomic mass is 19.4. The monoisotopic (exact) mass is 461 g/mol. The molecule has 2 unspecified atom stereocenters. The lowest BCUT2D eigenvalue weighted by atomic mass is 9.68. The van der Waals surface area contributed by atoms with Crippen LogP contribution in [0.4, 0.5) is 13.2 Å². The van der Waals surface area contributed by atoms with E-state index < -0.39 is 11.9 Å². The third-order valence-electron chi connectivity index (χ3n) is 7.80. The van der Waals surface area contributed by atoms with E-state index in [1.807, 2.05) is 0 Å². The van der Waals surface area contributed by atoms with Crippen molar-refractivity contribution < 1.29 is 13.2 Å². The number of hydrogen-bond donors (Lipinski definition) is 0. The molecule has 0 fully saturated rings. The molecule has 1 heterocycles. The summed E-state index contributed by atoms with van der Waals surface area (Å²) in [6.45, 7) is 9.08. The normalized spacial score (nSPS) is 20.4. The molecule has 34 heavy (non-hydrogen) atoms. The van der Waals surface area contributed by atoms with E-state index in [1.54, 1.807) is 6.07 Å². The van der Waals surface area contributed by atoms with E-state index in [0.717, 1.165) is 24.5 Å². The number of pyridine rings is 1. The van der Waals surface area contributed by atoms with Crippen molar-refractivity contribution in [2.24, 2.45) is 11.3 Å². The molecule has 2 aliphatic rings. The lowest BCUT2D eigenvalue weighted by Gasteiger charge is -2.36. The van der Waals surface area contributed by atoms with Gasteiger partial charge in [-0.05, 0) is 81.2 Å². The second kappa shape index (κ2) is 8.11. The van der Waals surface area contributed by atoms with Gasteiger partial charge in [0.1, 0.15) is 5.69 Å². The molecular weight excluding hydrogens is 431 g/mol. The van der Waals surface area contributed by atoms with E-state index in [1.165, 1.54) is 43.8 Å². The average molecular weight is 462 g/mol. The maximum absolute atomic E-state index is 12.9. The number of aromatic nitrogens is 1. The first-order valence-corrected chi connectivity index (χ1v) is 12.0. The predicted octanol–water partition coefficient (Wildman–Crippen LogP) is 6.21. The van der Waals surface area contributed by atoms with Crippen LogP contribution in [0.3, 0.4) is 0 Å². The summed E-state index contributed by atoms with van der Waals surface area (Å²) in [5, 5.41) is 5.14. The molecule has 0 amide bonds. The number of aryl methyl sites for hydroxylation is 2. The van der Waals surface area contributed by atoms with Gasteiger partial charge in [-0.2, -0.15) is 13.2 Å². The summed E-state index contributed by atoms with van der Waals surface area (Å²) in [4.78, 5) is 3.66. The van der Waals surface area contributed by atoms with Crippen molar-refractivity contribution in [1.29, 1.82) is 0 Å². The molecule has 0 saturated carbocycles. The summed E-state index contributed by atoms with van der Waals surface area (Å²) in [6, 6.07) is 13.8. The number of halogens is 3. The highest BCUT2D eigenvalue weighted by molar-refractivity contribution is 5.53. The van der Waals surface area contributed by atoms with Crippen molar-refractivity contribution in [1.82, 2.24) is 4.98 Å². The number of benzene rings is 2. The van der Waals surface area contributed by atoms with Gasteiger partial charge in [0.15, 0.2) is 0 Å². The van der Waals surface area contributed by atoms with Gasteiger partial charge in [0.25, 0.3) is 0 Å². The molecule has 0 N–H and O–H groups in total. The third kappa shape index (κ3) is 4.08. The van der Waals surface area contributed by atoms with Gasteiger partial charge in [-0.15, -0.1) is 0 Å². The number of nitrogens with zero attached hydrogens (tertiary/aromatic N) is 1. The van der Waals surface area contributed by atoms with Gasteiger partial charge in [-0.1, -0.05) is 74.9 Å². The van der Waals surface area contributed by atoms with Gasteiger partial charge in [0, 0.05) is 12.1 Å². The largest absolute Gasteiger partial charge is 0.433 e. The first kappa shape index (κ1) is 22.9. The van der Waals surface area contributed by atoms with Crippen LogP contribution < -0.4 is 10.4 Å². The number of alkyl halides is 3. The lowest BCUT2D eigenvalue weighted by molar-refractivity contribution is -0.141. The molecule has 2 atom stereocenters. The van der Waals surface area contributed by atoms with Crippen LogP contribution in [-0.4, -0.2) is 4.98 Å². The molecule has 5 rings (SSSR count). The zero-order valence-corrected chi connectivity index (χ0v) is 20.1. The van der Waals surface area contributed by atoms with Crippen LogP contribution in [0.1, 0.15) is 61.1 Å². The van der Waals surface area contributed by atoms with Gasteiger partial charge in [0.2, 0.25) is 0 Å². The van der Waals surface area contributed by atoms with E-state index in [2.05, 4.69) is 75.2 Å². The standard InChI is InChI=1S/C30H30F3N/c1-18-5-10-24-23(13-18)15-22(8-6-20-7-12-27(34-17-20)30(31,32)33)28-25(24)11-9-21-14-19(2)29(3,4)16-26(21)28/h5,7,9-15,17,19,22H,6,8,16H2,1-4H3. The minimum atomic E-state index is -4.41. The molecule has 1 nitrogen and oxygen atoms in total. The Balaban J connectivity index is 1.61. The van der Waals surface area contributed by atoms with Gasteiger partial charge in [-0.25, -0.2) is 0 Å². The van der Waals surface area contributed by atoms with Gasteiger partial charge >= 0.3 is 6.18 Å². The summed E-state index contributed by atoms with van der Waals surface area (Å²) in [5.41, 5.74) is 4.23. The average Bonchev–Trinajstić information content (AvgIpc) is 2.77. The van der Waals surface area contributed by atoms with Crippen molar-refractivity contribution >= 4 is 12.2 Å². The molecule has 3 aromatic rings.